The van der Waals surface area contributed by atoms with Gasteiger partial charge in [-0.2, -0.15) is 8.78 Å². The van der Waals surface area contributed by atoms with Crippen LogP contribution in [0.1, 0.15) is 5.56 Å². The zero-order chi connectivity index (χ0) is 15.8. The van der Waals surface area contributed by atoms with Crippen LogP contribution in [0.3, 0.4) is 0 Å². The van der Waals surface area contributed by atoms with Gasteiger partial charge in [0.1, 0.15) is 5.75 Å². The monoisotopic (exact) mass is 347 g/mol. The number of thioether (sulfide) groups is 1. The molecule has 0 saturated heterocycles. The highest BCUT2D eigenvalue weighted by molar-refractivity contribution is 8.00. The first kappa shape index (κ1) is 16.9. The summed E-state index contributed by atoms with van der Waals surface area (Å²) < 4.78 is 34.9. The van der Waals surface area contributed by atoms with Gasteiger partial charge in [-0.1, -0.05) is 41.3 Å². The van der Waals surface area contributed by atoms with Crippen LogP contribution in [0, 0.1) is 0 Å². The Morgan fingerprint density at radius 1 is 1.32 bits per heavy atom. The maximum absolute atomic E-state index is 12.3. The summed E-state index contributed by atoms with van der Waals surface area (Å²) in [6.07, 6.45) is 0. The molecule has 0 unspecified atom stereocenters. The van der Waals surface area contributed by atoms with Crippen molar-refractivity contribution in [3.8, 4) is 5.75 Å². The lowest BCUT2D eigenvalue weighted by atomic mass is 10.2. The Morgan fingerprint density at radius 2 is 2.14 bits per heavy atom. The van der Waals surface area contributed by atoms with Crippen molar-refractivity contribution >= 4 is 28.2 Å². The molecule has 0 fully saturated rings. The topological polar surface area (TPSA) is 56.3 Å². The van der Waals surface area contributed by atoms with Gasteiger partial charge in [-0.3, -0.25) is 0 Å². The third-order valence-electron chi connectivity index (χ3n) is 2.53. The normalized spacial score (nSPS) is 10.9. The SMILES string of the molecule is COCCNc1nnc(SCc2ccccc2OC(F)F)s1. The molecule has 2 aromatic rings. The second-order valence-corrected chi connectivity index (χ2v) is 6.27. The van der Waals surface area contributed by atoms with Gasteiger partial charge in [0.2, 0.25) is 5.13 Å². The number of nitrogens with zero attached hydrogens (tertiary/aromatic N) is 2. The Balaban J connectivity index is 1.90. The van der Waals surface area contributed by atoms with Crippen molar-refractivity contribution in [1.29, 1.82) is 0 Å². The maximum atomic E-state index is 12.3. The zero-order valence-electron chi connectivity index (χ0n) is 11.8. The number of ether oxygens (including phenoxy) is 2. The molecule has 0 aliphatic carbocycles. The van der Waals surface area contributed by atoms with Gasteiger partial charge in [0.15, 0.2) is 4.34 Å². The van der Waals surface area contributed by atoms with E-state index in [0.29, 0.717) is 29.6 Å². The lowest BCUT2D eigenvalue weighted by Crippen LogP contribution is -2.06. The van der Waals surface area contributed by atoms with Gasteiger partial charge in [-0.05, 0) is 6.07 Å². The number of aromatic nitrogens is 2. The number of hydrogen-bond acceptors (Lipinski definition) is 7. The van der Waals surface area contributed by atoms with Gasteiger partial charge >= 0.3 is 6.61 Å². The molecule has 0 saturated carbocycles. The smallest absolute Gasteiger partial charge is 0.387 e. The fraction of sp³-hybridized carbons (Fsp3) is 0.385. The number of halogens is 2. The molecule has 0 radical (unpaired) electrons. The minimum Gasteiger partial charge on any atom is -0.435 e. The van der Waals surface area contributed by atoms with E-state index in [0.717, 1.165) is 4.34 Å². The number of methoxy groups -OCH3 is 1. The average molecular weight is 347 g/mol. The van der Waals surface area contributed by atoms with E-state index >= 15 is 0 Å². The third-order valence-corrected chi connectivity index (χ3v) is 4.59. The van der Waals surface area contributed by atoms with Crippen molar-refractivity contribution in [3.63, 3.8) is 0 Å². The van der Waals surface area contributed by atoms with E-state index in [-0.39, 0.29) is 5.75 Å². The van der Waals surface area contributed by atoms with Gasteiger partial charge < -0.3 is 14.8 Å². The summed E-state index contributed by atoms with van der Waals surface area (Å²) in [5, 5.41) is 11.8. The van der Waals surface area contributed by atoms with Gasteiger partial charge in [0.25, 0.3) is 0 Å². The number of para-hydroxylation sites is 1. The molecule has 0 bridgehead atoms. The van der Waals surface area contributed by atoms with Crippen molar-refractivity contribution in [1.82, 2.24) is 10.2 Å². The molecule has 2 rings (SSSR count). The van der Waals surface area contributed by atoms with Crippen LogP contribution in [0.4, 0.5) is 13.9 Å². The minimum absolute atomic E-state index is 0.188. The van der Waals surface area contributed by atoms with Crippen LogP contribution in [0.5, 0.6) is 5.75 Å². The standard InChI is InChI=1S/C13H15F2N3O2S2/c1-19-7-6-16-12-17-18-13(22-12)21-8-9-4-2-3-5-10(9)20-11(14)15/h2-5,11H,6-8H2,1H3,(H,16,17). The lowest BCUT2D eigenvalue weighted by molar-refractivity contribution is -0.0503. The molecule has 1 N–H and O–H groups in total. The third kappa shape index (κ3) is 5.39. The van der Waals surface area contributed by atoms with E-state index < -0.39 is 6.61 Å². The van der Waals surface area contributed by atoms with E-state index in [9.17, 15) is 8.78 Å². The van der Waals surface area contributed by atoms with E-state index in [1.807, 2.05) is 0 Å². The molecule has 1 aromatic carbocycles. The van der Waals surface area contributed by atoms with Gasteiger partial charge in [0, 0.05) is 25.0 Å². The molecule has 0 spiro atoms. The molecule has 0 amide bonds. The Labute approximate surface area is 135 Å². The number of rotatable bonds is 9. The van der Waals surface area contributed by atoms with E-state index in [4.69, 9.17) is 4.74 Å². The van der Waals surface area contributed by atoms with Crippen molar-refractivity contribution in [2.45, 2.75) is 16.7 Å². The summed E-state index contributed by atoms with van der Waals surface area (Å²) in [4.78, 5) is 0. The van der Waals surface area contributed by atoms with E-state index in [1.165, 1.54) is 29.2 Å². The maximum Gasteiger partial charge on any atom is 0.387 e. The van der Waals surface area contributed by atoms with Crippen LogP contribution < -0.4 is 10.1 Å². The lowest BCUT2D eigenvalue weighted by Gasteiger charge is -2.09. The molecule has 22 heavy (non-hydrogen) atoms. The van der Waals surface area contributed by atoms with Crippen LogP contribution in [0.2, 0.25) is 0 Å². The van der Waals surface area contributed by atoms with Crippen LogP contribution in [-0.4, -0.2) is 37.1 Å². The van der Waals surface area contributed by atoms with Crippen LogP contribution in [0.25, 0.3) is 0 Å². The molecule has 120 valence electrons. The summed E-state index contributed by atoms with van der Waals surface area (Å²) in [7, 11) is 1.63. The minimum atomic E-state index is -2.83. The Kier molecular flexibility index (Phi) is 6.81. The number of anilines is 1. The molecule has 9 heteroatoms. The van der Waals surface area contributed by atoms with Gasteiger partial charge in [-0.25, -0.2) is 0 Å². The first-order chi connectivity index (χ1) is 10.7. The Morgan fingerprint density at radius 3 is 2.91 bits per heavy atom. The van der Waals surface area contributed by atoms with Crippen molar-refractivity contribution in [2.24, 2.45) is 0 Å². The molecule has 5 nitrogen and oxygen atoms in total. The summed E-state index contributed by atoms with van der Waals surface area (Å²) in [5.41, 5.74) is 0.692. The molecule has 0 aliphatic rings. The molecular formula is C13H15F2N3O2S2. The highest BCUT2D eigenvalue weighted by Crippen LogP contribution is 2.31. The van der Waals surface area contributed by atoms with Crippen LogP contribution in [-0.2, 0) is 10.5 Å². The Bertz CT molecular complexity index is 584. The van der Waals surface area contributed by atoms with Gasteiger partial charge in [0.05, 0.1) is 6.61 Å². The van der Waals surface area contributed by atoms with Crippen LogP contribution >= 0.6 is 23.1 Å². The molecule has 0 atom stereocenters. The highest BCUT2D eigenvalue weighted by atomic mass is 32.2. The number of benzene rings is 1. The Hall–Kier alpha value is -1.45. The number of alkyl halides is 2. The van der Waals surface area contributed by atoms with E-state index in [1.54, 1.807) is 25.3 Å². The first-order valence-electron chi connectivity index (χ1n) is 6.41. The molecule has 0 aliphatic heterocycles. The summed E-state index contributed by atoms with van der Waals surface area (Å²) in [5.74, 6) is 0.670. The predicted octanol–water partition coefficient (Wildman–Crippen LogP) is 3.49. The largest absolute Gasteiger partial charge is 0.435 e. The molecule has 1 heterocycles. The second-order valence-electron chi connectivity index (χ2n) is 4.07. The predicted molar refractivity (Wildman–Crippen MR) is 82.9 cm³/mol. The average Bonchev–Trinajstić information content (AvgIpc) is 2.94. The zero-order valence-corrected chi connectivity index (χ0v) is 13.4. The first-order valence-corrected chi connectivity index (χ1v) is 8.21. The summed E-state index contributed by atoms with van der Waals surface area (Å²) >= 11 is 2.83. The fourth-order valence-electron chi connectivity index (χ4n) is 1.57. The fourth-order valence-corrected chi connectivity index (χ4v) is 3.34. The highest BCUT2D eigenvalue weighted by Gasteiger charge is 2.11. The summed E-state index contributed by atoms with van der Waals surface area (Å²) in [6, 6.07) is 6.73. The summed E-state index contributed by atoms with van der Waals surface area (Å²) in [6.45, 7) is -1.59. The quantitative estimate of drug-likeness (QED) is 0.553. The molecule has 1 aromatic heterocycles. The van der Waals surface area contributed by atoms with Gasteiger partial charge in [-0.15, -0.1) is 10.2 Å². The second kappa shape index (κ2) is 8.86. The number of hydrogen-bond donors (Lipinski definition) is 1. The van der Waals surface area contributed by atoms with Crippen molar-refractivity contribution < 1.29 is 18.3 Å². The van der Waals surface area contributed by atoms with Crippen molar-refractivity contribution in [3.05, 3.63) is 29.8 Å². The number of nitrogens with one attached hydrogen (secondary N) is 1. The molecular weight excluding hydrogens is 332 g/mol. The van der Waals surface area contributed by atoms with Crippen molar-refractivity contribution in [2.75, 3.05) is 25.6 Å². The van der Waals surface area contributed by atoms with E-state index in [2.05, 4.69) is 20.3 Å². The van der Waals surface area contributed by atoms with Crippen LogP contribution in [0.15, 0.2) is 28.6 Å².